The van der Waals surface area contributed by atoms with E-state index >= 15 is 0 Å². The van der Waals surface area contributed by atoms with Gasteiger partial charge in [-0.3, -0.25) is 9.36 Å². The van der Waals surface area contributed by atoms with E-state index in [2.05, 4.69) is 20.2 Å². The number of aromatic amines is 2. The molecule has 1 amide bonds. The number of rotatable bonds is 4. The number of nitrogens with one attached hydrogen (secondary N) is 2. The predicted molar refractivity (Wildman–Crippen MR) is 100 cm³/mol. The van der Waals surface area contributed by atoms with Crippen LogP contribution in [0.25, 0.3) is 11.4 Å². The average molecular weight is 366 g/mol. The quantitative estimate of drug-likeness (QED) is 0.738. The third kappa shape index (κ3) is 3.30. The molecule has 0 saturated carbocycles. The van der Waals surface area contributed by atoms with E-state index in [-0.39, 0.29) is 17.5 Å². The van der Waals surface area contributed by atoms with Gasteiger partial charge in [0.1, 0.15) is 17.3 Å². The molecule has 1 aliphatic rings. The van der Waals surface area contributed by atoms with E-state index in [1.807, 2.05) is 42.2 Å². The minimum Gasteiger partial charge on any atom is -0.337 e. The van der Waals surface area contributed by atoms with E-state index in [9.17, 15) is 9.59 Å². The van der Waals surface area contributed by atoms with Crippen molar-refractivity contribution < 1.29 is 4.79 Å². The zero-order valence-electron chi connectivity index (χ0n) is 15.2. The summed E-state index contributed by atoms with van der Waals surface area (Å²) >= 11 is 0. The summed E-state index contributed by atoms with van der Waals surface area (Å²) < 4.78 is 1.67. The lowest BCUT2D eigenvalue weighted by Gasteiger charge is -2.31. The van der Waals surface area contributed by atoms with Crippen molar-refractivity contribution in [3.63, 3.8) is 0 Å². The van der Waals surface area contributed by atoms with Crippen molar-refractivity contribution >= 4 is 5.91 Å². The van der Waals surface area contributed by atoms with E-state index < -0.39 is 0 Å². The number of imidazole rings is 1. The summed E-state index contributed by atoms with van der Waals surface area (Å²) in [5.74, 6) is 1.63. The molecule has 140 valence electrons. The maximum atomic E-state index is 12.8. The van der Waals surface area contributed by atoms with Gasteiger partial charge in [-0.25, -0.2) is 14.9 Å². The Morgan fingerprint density at radius 2 is 1.96 bits per heavy atom. The van der Waals surface area contributed by atoms with Gasteiger partial charge in [-0.15, -0.1) is 0 Å². The molecule has 4 rings (SSSR count). The predicted octanol–water partition coefficient (Wildman–Crippen LogP) is 2.00. The number of amides is 1. The van der Waals surface area contributed by atoms with Crippen LogP contribution in [-0.2, 0) is 6.54 Å². The number of likely N-dealkylation sites (tertiary alicyclic amines) is 1. The second kappa shape index (κ2) is 7.22. The van der Waals surface area contributed by atoms with Gasteiger partial charge in [-0.2, -0.15) is 5.10 Å². The first-order valence-corrected chi connectivity index (χ1v) is 9.22. The lowest BCUT2D eigenvalue weighted by atomic mass is 9.95. The van der Waals surface area contributed by atoms with Crippen LogP contribution < -0.4 is 5.69 Å². The molecule has 1 saturated heterocycles. The van der Waals surface area contributed by atoms with Crippen LogP contribution in [0.4, 0.5) is 0 Å². The van der Waals surface area contributed by atoms with Crippen LogP contribution >= 0.6 is 0 Å². The maximum Gasteiger partial charge on any atom is 0.343 e. The van der Waals surface area contributed by atoms with Crippen LogP contribution in [0.3, 0.4) is 0 Å². The van der Waals surface area contributed by atoms with E-state index in [1.165, 1.54) is 0 Å². The summed E-state index contributed by atoms with van der Waals surface area (Å²) in [4.78, 5) is 33.8. The molecule has 0 bridgehead atoms. The maximum absolute atomic E-state index is 12.8. The van der Waals surface area contributed by atoms with Gasteiger partial charge in [0.25, 0.3) is 5.91 Å². The molecule has 3 heterocycles. The smallest absolute Gasteiger partial charge is 0.337 e. The number of aromatic nitrogens is 5. The Hall–Kier alpha value is -3.16. The summed E-state index contributed by atoms with van der Waals surface area (Å²) in [6, 6.07) is 9.73. The van der Waals surface area contributed by atoms with Gasteiger partial charge in [0, 0.05) is 31.1 Å². The van der Waals surface area contributed by atoms with Crippen molar-refractivity contribution in [2.75, 3.05) is 13.1 Å². The number of nitrogens with zero attached hydrogens (tertiary/aromatic N) is 4. The van der Waals surface area contributed by atoms with Crippen LogP contribution in [0.1, 0.15) is 42.0 Å². The molecule has 2 aromatic heterocycles. The molecule has 0 aliphatic carbocycles. The van der Waals surface area contributed by atoms with Crippen molar-refractivity contribution in [2.24, 2.45) is 0 Å². The Balaban J connectivity index is 1.43. The highest BCUT2D eigenvalue weighted by atomic mass is 16.2. The summed E-state index contributed by atoms with van der Waals surface area (Å²) in [6.07, 6.45) is 3.17. The fraction of sp³-hybridized carbons (Fsp3) is 0.368. The van der Waals surface area contributed by atoms with Crippen LogP contribution in [0.2, 0.25) is 0 Å². The Bertz CT molecular complexity index is 979. The van der Waals surface area contributed by atoms with Crippen molar-refractivity contribution in [1.82, 2.24) is 29.6 Å². The molecule has 0 spiro atoms. The Morgan fingerprint density at radius 1 is 1.22 bits per heavy atom. The minimum atomic E-state index is -0.170. The first-order chi connectivity index (χ1) is 13.2. The molecule has 0 atom stereocenters. The highest BCUT2D eigenvalue weighted by molar-refractivity contribution is 5.92. The lowest BCUT2D eigenvalue weighted by Crippen LogP contribution is -2.38. The highest BCUT2D eigenvalue weighted by Crippen LogP contribution is 2.27. The summed E-state index contributed by atoms with van der Waals surface area (Å²) in [5.41, 5.74) is 1.28. The second-order valence-corrected chi connectivity index (χ2v) is 6.71. The Morgan fingerprint density at radius 3 is 2.67 bits per heavy atom. The molecule has 8 nitrogen and oxygen atoms in total. The largest absolute Gasteiger partial charge is 0.343 e. The van der Waals surface area contributed by atoms with E-state index in [4.69, 9.17) is 0 Å². The average Bonchev–Trinajstić information content (AvgIpc) is 3.35. The minimum absolute atomic E-state index is 0.0435. The monoisotopic (exact) mass is 366 g/mol. The number of hydrogen-bond acceptors (Lipinski definition) is 4. The second-order valence-electron chi connectivity index (χ2n) is 6.71. The molecule has 0 radical (unpaired) electrons. The third-order valence-electron chi connectivity index (χ3n) is 5.10. The van der Waals surface area contributed by atoms with E-state index in [0.717, 1.165) is 24.2 Å². The molecular weight excluding hydrogens is 344 g/mol. The number of benzene rings is 1. The first kappa shape index (κ1) is 17.3. The Kier molecular flexibility index (Phi) is 4.62. The molecule has 0 unspecified atom stereocenters. The number of hydrogen-bond donors (Lipinski definition) is 2. The summed E-state index contributed by atoms with van der Waals surface area (Å²) in [5, 5.41) is 6.71. The van der Waals surface area contributed by atoms with Crippen molar-refractivity contribution in [1.29, 1.82) is 0 Å². The molecule has 2 N–H and O–H groups in total. The lowest BCUT2D eigenvalue weighted by molar-refractivity contribution is 0.0705. The SMILES string of the molecule is CCn1c(C2CCN(C(=O)c3cnc(-c4ccccc4)[nH]3)CC2)n[nH]c1=O. The zero-order chi connectivity index (χ0) is 18.8. The topological polar surface area (TPSA) is 99.7 Å². The summed E-state index contributed by atoms with van der Waals surface area (Å²) in [6.45, 7) is 3.80. The number of carbonyl (C=O) groups is 1. The van der Waals surface area contributed by atoms with Crippen molar-refractivity contribution in [3.8, 4) is 11.4 Å². The van der Waals surface area contributed by atoms with Gasteiger partial charge in [-0.05, 0) is 19.8 Å². The molecule has 8 heteroatoms. The molecule has 3 aromatic rings. The molecular formula is C19H22N6O2. The first-order valence-electron chi connectivity index (χ1n) is 9.22. The summed E-state index contributed by atoms with van der Waals surface area (Å²) in [7, 11) is 0. The van der Waals surface area contributed by atoms with Crippen molar-refractivity contribution in [2.45, 2.75) is 32.2 Å². The van der Waals surface area contributed by atoms with Crippen LogP contribution in [-0.4, -0.2) is 48.6 Å². The normalized spacial score (nSPS) is 15.2. The van der Waals surface area contributed by atoms with Crippen LogP contribution in [0, 0.1) is 0 Å². The number of piperidine rings is 1. The van der Waals surface area contributed by atoms with E-state index in [0.29, 0.717) is 31.2 Å². The van der Waals surface area contributed by atoms with Gasteiger partial charge < -0.3 is 9.88 Å². The fourth-order valence-electron chi connectivity index (χ4n) is 3.63. The van der Waals surface area contributed by atoms with Gasteiger partial charge in [0.05, 0.1) is 6.20 Å². The molecule has 1 aromatic carbocycles. The third-order valence-corrected chi connectivity index (χ3v) is 5.10. The van der Waals surface area contributed by atoms with Crippen LogP contribution in [0.15, 0.2) is 41.3 Å². The van der Waals surface area contributed by atoms with Gasteiger partial charge in [-0.1, -0.05) is 30.3 Å². The molecule has 1 aliphatic heterocycles. The number of carbonyl (C=O) groups excluding carboxylic acids is 1. The van der Waals surface area contributed by atoms with Crippen LogP contribution in [0.5, 0.6) is 0 Å². The van der Waals surface area contributed by atoms with E-state index in [1.54, 1.807) is 10.8 Å². The fourth-order valence-corrected chi connectivity index (χ4v) is 3.63. The zero-order valence-corrected chi connectivity index (χ0v) is 15.2. The van der Waals surface area contributed by atoms with Gasteiger partial charge in [0.15, 0.2) is 0 Å². The van der Waals surface area contributed by atoms with Crippen molar-refractivity contribution in [3.05, 3.63) is 58.5 Å². The van der Waals surface area contributed by atoms with Gasteiger partial charge >= 0.3 is 5.69 Å². The molecule has 27 heavy (non-hydrogen) atoms. The van der Waals surface area contributed by atoms with Gasteiger partial charge in [0.2, 0.25) is 0 Å². The highest BCUT2D eigenvalue weighted by Gasteiger charge is 2.28. The molecule has 1 fully saturated rings. The Labute approximate surface area is 156 Å². The standard InChI is InChI=1S/C19H22N6O2/c1-2-25-17(22-23-19(25)27)14-8-10-24(11-9-14)18(26)15-12-20-16(21-15)13-6-4-3-5-7-13/h3-7,12,14H,2,8-11H2,1H3,(H,20,21)(H,23,27). The number of H-pyrrole nitrogens is 2.